The molecule has 0 spiro atoms. The molecule has 1 atom stereocenters. The molecule has 1 N–H and O–H groups in total. The second-order valence-corrected chi connectivity index (χ2v) is 6.85. The average Bonchev–Trinajstić information content (AvgIpc) is 2.84. The normalized spacial score (nSPS) is 18.2. The molecule has 0 heterocycles. The van der Waals surface area contributed by atoms with Crippen molar-refractivity contribution in [2.45, 2.75) is 57.3 Å². The van der Waals surface area contributed by atoms with E-state index in [-0.39, 0.29) is 6.10 Å². The minimum atomic E-state index is -0.197. The van der Waals surface area contributed by atoms with Crippen LogP contribution in [0.15, 0.2) is 18.2 Å². The van der Waals surface area contributed by atoms with Crippen LogP contribution in [0.3, 0.4) is 0 Å². The van der Waals surface area contributed by atoms with Crippen molar-refractivity contribution in [1.29, 1.82) is 0 Å². The van der Waals surface area contributed by atoms with Crippen molar-refractivity contribution in [3.8, 4) is 0 Å². The third kappa shape index (κ3) is 4.03. The molecule has 18 heavy (non-hydrogen) atoms. The fraction of sp³-hybridized carbons (Fsp3) is 0.625. The fourth-order valence-corrected chi connectivity index (χ4v) is 3.84. The molecule has 1 aromatic carbocycles. The molecule has 100 valence electrons. The van der Waals surface area contributed by atoms with E-state index in [1.54, 1.807) is 0 Å². The van der Waals surface area contributed by atoms with Gasteiger partial charge in [0.05, 0.1) is 6.10 Å². The molecular formula is C16H24OS. The first-order chi connectivity index (χ1) is 8.65. The lowest BCUT2D eigenvalue weighted by Crippen LogP contribution is -2.15. The maximum Gasteiger partial charge on any atom is 0.0670 e. The van der Waals surface area contributed by atoms with E-state index in [2.05, 4.69) is 32.0 Å². The van der Waals surface area contributed by atoms with Crippen LogP contribution < -0.4 is 0 Å². The third-order valence-electron chi connectivity index (χ3n) is 3.87. The SMILES string of the molecule is Cc1ccc(CC(O)CSC2CCCC2)cc1C. The Morgan fingerprint density at radius 3 is 2.61 bits per heavy atom. The number of hydrogen-bond acceptors (Lipinski definition) is 2. The fourth-order valence-electron chi connectivity index (χ4n) is 2.56. The van der Waals surface area contributed by atoms with Gasteiger partial charge in [-0.2, -0.15) is 11.8 Å². The zero-order valence-corrected chi connectivity index (χ0v) is 12.3. The molecule has 1 aromatic rings. The van der Waals surface area contributed by atoms with Gasteiger partial charge < -0.3 is 5.11 Å². The Balaban J connectivity index is 1.78. The Hall–Kier alpha value is -0.470. The molecule has 1 saturated carbocycles. The second-order valence-electron chi connectivity index (χ2n) is 5.52. The van der Waals surface area contributed by atoms with Crippen LogP contribution in [0.2, 0.25) is 0 Å². The van der Waals surface area contributed by atoms with Crippen molar-refractivity contribution in [1.82, 2.24) is 0 Å². The number of benzene rings is 1. The molecule has 0 saturated heterocycles. The molecule has 1 fully saturated rings. The highest BCUT2D eigenvalue weighted by molar-refractivity contribution is 7.99. The van der Waals surface area contributed by atoms with E-state index in [1.807, 2.05) is 11.8 Å². The second kappa shape index (κ2) is 6.63. The number of thioether (sulfide) groups is 1. The summed E-state index contributed by atoms with van der Waals surface area (Å²) in [7, 11) is 0. The van der Waals surface area contributed by atoms with E-state index >= 15 is 0 Å². The smallest absolute Gasteiger partial charge is 0.0670 e. The Morgan fingerprint density at radius 2 is 1.94 bits per heavy atom. The Bertz CT molecular complexity index is 383. The number of rotatable bonds is 5. The van der Waals surface area contributed by atoms with Gasteiger partial charge in [-0.3, -0.25) is 0 Å². The predicted octanol–water partition coefficient (Wildman–Crippen LogP) is 3.88. The molecule has 1 nitrogen and oxygen atoms in total. The molecule has 1 aliphatic carbocycles. The maximum atomic E-state index is 10.1. The van der Waals surface area contributed by atoms with Crippen LogP contribution in [-0.2, 0) is 6.42 Å². The highest BCUT2D eigenvalue weighted by Gasteiger charge is 2.17. The third-order valence-corrected chi connectivity index (χ3v) is 5.39. The van der Waals surface area contributed by atoms with Crippen molar-refractivity contribution in [2.75, 3.05) is 5.75 Å². The summed E-state index contributed by atoms with van der Waals surface area (Å²) in [5.74, 6) is 0.886. The molecule has 0 amide bonds. The molecule has 2 rings (SSSR count). The molecule has 0 aliphatic heterocycles. The highest BCUT2D eigenvalue weighted by atomic mass is 32.2. The summed E-state index contributed by atoms with van der Waals surface area (Å²) in [5, 5.41) is 10.9. The van der Waals surface area contributed by atoms with Gasteiger partial charge in [-0.1, -0.05) is 31.0 Å². The van der Waals surface area contributed by atoms with Crippen molar-refractivity contribution < 1.29 is 5.11 Å². The van der Waals surface area contributed by atoms with Gasteiger partial charge in [0.2, 0.25) is 0 Å². The quantitative estimate of drug-likeness (QED) is 0.871. The molecule has 1 aliphatic rings. The molecule has 0 radical (unpaired) electrons. The summed E-state index contributed by atoms with van der Waals surface area (Å²) in [6, 6.07) is 6.51. The largest absolute Gasteiger partial charge is 0.392 e. The van der Waals surface area contributed by atoms with Crippen molar-refractivity contribution in [3.05, 3.63) is 34.9 Å². The zero-order valence-electron chi connectivity index (χ0n) is 11.5. The van der Waals surface area contributed by atoms with Crippen LogP contribution in [0.25, 0.3) is 0 Å². The first-order valence-electron chi connectivity index (χ1n) is 7.01. The number of aliphatic hydroxyl groups excluding tert-OH is 1. The Morgan fingerprint density at radius 1 is 1.22 bits per heavy atom. The topological polar surface area (TPSA) is 20.2 Å². The standard InChI is InChI=1S/C16H24OS/c1-12-7-8-14(9-13(12)2)10-15(17)11-18-16-5-3-4-6-16/h7-9,15-17H,3-6,10-11H2,1-2H3. The minimum Gasteiger partial charge on any atom is -0.392 e. The average molecular weight is 264 g/mol. The molecule has 0 aromatic heterocycles. The predicted molar refractivity (Wildman–Crippen MR) is 80.3 cm³/mol. The van der Waals surface area contributed by atoms with Gasteiger partial charge in [-0.15, -0.1) is 0 Å². The van der Waals surface area contributed by atoms with E-state index in [1.165, 1.54) is 42.4 Å². The van der Waals surface area contributed by atoms with Gasteiger partial charge >= 0.3 is 0 Å². The monoisotopic (exact) mass is 264 g/mol. The van der Waals surface area contributed by atoms with Gasteiger partial charge in [0.25, 0.3) is 0 Å². The molecule has 1 unspecified atom stereocenters. The summed E-state index contributed by atoms with van der Waals surface area (Å²) in [6.07, 6.45) is 6.05. The number of aliphatic hydroxyl groups is 1. The first-order valence-corrected chi connectivity index (χ1v) is 8.06. The van der Waals surface area contributed by atoms with Crippen LogP contribution in [-0.4, -0.2) is 22.2 Å². The van der Waals surface area contributed by atoms with Crippen molar-refractivity contribution >= 4 is 11.8 Å². The van der Waals surface area contributed by atoms with E-state index in [9.17, 15) is 5.11 Å². The van der Waals surface area contributed by atoms with E-state index < -0.39 is 0 Å². The lowest BCUT2D eigenvalue weighted by atomic mass is 10.0. The van der Waals surface area contributed by atoms with E-state index in [4.69, 9.17) is 0 Å². The van der Waals surface area contributed by atoms with Crippen LogP contribution in [0.1, 0.15) is 42.4 Å². The van der Waals surface area contributed by atoms with Gasteiger partial charge in [0, 0.05) is 11.0 Å². The Kier molecular flexibility index (Phi) is 5.13. The summed E-state index contributed by atoms with van der Waals surface area (Å²) < 4.78 is 0. The summed E-state index contributed by atoms with van der Waals surface area (Å²) >= 11 is 1.97. The summed E-state index contributed by atoms with van der Waals surface area (Å²) in [4.78, 5) is 0. The lowest BCUT2D eigenvalue weighted by Gasteiger charge is -2.14. The molecular weight excluding hydrogens is 240 g/mol. The minimum absolute atomic E-state index is 0.197. The highest BCUT2D eigenvalue weighted by Crippen LogP contribution is 2.30. The van der Waals surface area contributed by atoms with Crippen LogP contribution in [0, 0.1) is 13.8 Å². The maximum absolute atomic E-state index is 10.1. The van der Waals surface area contributed by atoms with Crippen LogP contribution >= 0.6 is 11.8 Å². The van der Waals surface area contributed by atoms with Crippen LogP contribution in [0.5, 0.6) is 0 Å². The summed E-state index contributed by atoms with van der Waals surface area (Å²) in [6.45, 7) is 4.27. The number of aryl methyl sites for hydroxylation is 2. The van der Waals surface area contributed by atoms with Gasteiger partial charge in [-0.25, -0.2) is 0 Å². The Labute approximate surface area is 115 Å². The van der Waals surface area contributed by atoms with Gasteiger partial charge in [-0.05, 0) is 49.8 Å². The molecule has 2 heteroatoms. The van der Waals surface area contributed by atoms with Crippen molar-refractivity contribution in [3.63, 3.8) is 0 Å². The number of hydrogen-bond donors (Lipinski definition) is 1. The zero-order chi connectivity index (χ0) is 13.0. The molecule has 0 bridgehead atoms. The first kappa shape index (κ1) is 14.0. The summed E-state index contributed by atoms with van der Waals surface area (Å²) in [5.41, 5.74) is 3.91. The lowest BCUT2D eigenvalue weighted by molar-refractivity contribution is 0.200. The van der Waals surface area contributed by atoms with E-state index in [0.717, 1.165) is 17.4 Å². The van der Waals surface area contributed by atoms with E-state index in [0.29, 0.717) is 0 Å². The van der Waals surface area contributed by atoms with Crippen LogP contribution in [0.4, 0.5) is 0 Å². The van der Waals surface area contributed by atoms with Crippen molar-refractivity contribution in [2.24, 2.45) is 0 Å². The van der Waals surface area contributed by atoms with Gasteiger partial charge in [0.1, 0.15) is 0 Å². The van der Waals surface area contributed by atoms with Gasteiger partial charge in [0.15, 0.2) is 0 Å².